The molecule has 0 fully saturated rings. The van der Waals surface area contributed by atoms with Crippen LogP contribution in [0.25, 0.3) is 106 Å². The summed E-state index contributed by atoms with van der Waals surface area (Å²) in [5.74, 6) is 1.70. The number of benzene rings is 8. The first-order valence-corrected chi connectivity index (χ1v) is 18.8. The largest absolute Gasteiger partial charge is 0.454 e. The molecule has 262 valence electrons. The lowest BCUT2D eigenvalue weighted by molar-refractivity contribution is 0.670. The highest BCUT2D eigenvalue weighted by atomic mass is 16.3. The lowest BCUT2D eigenvalue weighted by Crippen LogP contribution is -2.06. The predicted octanol–water partition coefficient (Wildman–Crippen LogP) is 13.2. The van der Waals surface area contributed by atoms with Gasteiger partial charge in [-0.3, -0.25) is 4.57 Å². The van der Waals surface area contributed by atoms with Crippen molar-refractivity contribution in [2.75, 3.05) is 0 Å². The van der Waals surface area contributed by atoms with Crippen molar-refractivity contribution in [2.24, 2.45) is 0 Å². The van der Waals surface area contributed by atoms with E-state index in [1.54, 1.807) is 0 Å². The molecule has 0 radical (unpaired) electrons. The zero-order valence-corrected chi connectivity index (χ0v) is 30.2. The number of para-hydroxylation sites is 1. The first kappa shape index (κ1) is 31.9. The van der Waals surface area contributed by atoms with E-state index in [0.29, 0.717) is 17.6 Å². The molecule has 0 aliphatic carbocycles. The van der Waals surface area contributed by atoms with Gasteiger partial charge < -0.3 is 4.42 Å². The summed E-state index contributed by atoms with van der Waals surface area (Å²) in [6.45, 7) is 0. The van der Waals surface area contributed by atoms with E-state index in [4.69, 9.17) is 19.4 Å². The molecule has 5 heteroatoms. The highest BCUT2D eigenvalue weighted by Crippen LogP contribution is 2.41. The predicted molar refractivity (Wildman–Crippen MR) is 229 cm³/mol. The number of nitrogens with zero attached hydrogens (tertiary/aromatic N) is 4. The van der Waals surface area contributed by atoms with Crippen molar-refractivity contribution in [1.29, 1.82) is 0 Å². The molecule has 0 unspecified atom stereocenters. The average molecular weight is 717 g/mol. The van der Waals surface area contributed by atoms with Crippen molar-refractivity contribution < 1.29 is 4.42 Å². The number of hydrogen-bond donors (Lipinski definition) is 0. The fraction of sp³-hybridized carbons (Fsp3) is 0. The molecule has 0 spiro atoms. The van der Waals surface area contributed by atoms with E-state index in [1.807, 2.05) is 48.5 Å². The minimum absolute atomic E-state index is 0.518. The molecule has 5 nitrogen and oxygen atoms in total. The average Bonchev–Trinajstić information content (AvgIpc) is 3.83. The first-order valence-electron chi connectivity index (χ1n) is 18.8. The Labute approximate surface area is 322 Å². The molecular weight excluding hydrogens is 685 g/mol. The van der Waals surface area contributed by atoms with Gasteiger partial charge in [0.15, 0.2) is 17.2 Å². The maximum absolute atomic E-state index is 6.73. The lowest BCUT2D eigenvalue weighted by Gasteiger charge is -2.12. The van der Waals surface area contributed by atoms with Crippen molar-refractivity contribution in [1.82, 2.24) is 19.5 Å². The van der Waals surface area contributed by atoms with Gasteiger partial charge in [0.25, 0.3) is 0 Å². The SMILES string of the molecule is c1ccc(-c2ccc(-c3nc(-c4ccccc4)nc(-n4c5cc(-c6cccc(-c7ccccc7)c6)ccc5c5ccc6c7ccccc7oc6c54)n3)cc2)cc1. The van der Waals surface area contributed by atoms with Gasteiger partial charge in [-0.05, 0) is 57.6 Å². The fourth-order valence-corrected chi connectivity index (χ4v) is 7.93. The summed E-state index contributed by atoms with van der Waals surface area (Å²) in [6.07, 6.45) is 0. The molecular formula is C51H32N4O. The van der Waals surface area contributed by atoms with Crippen molar-refractivity contribution >= 4 is 43.7 Å². The van der Waals surface area contributed by atoms with E-state index in [0.717, 1.165) is 77.1 Å². The Morgan fingerprint density at radius 2 is 0.821 bits per heavy atom. The van der Waals surface area contributed by atoms with Crippen LogP contribution in [0.5, 0.6) is 0 Å². The van der Waals surface area contributed by atoms with Gasteiger partial charge in [-0.2, -0.15) is 9.97 Å². The molecule has 0 N–H and O–H groups in total. The Hall–Kier alpha value is -7.63. The van der Waals surface area contributed by atoms with Crippen molar-refractivity contribution in [3.63, 3.8) is 0 Å². The number of hydrogen-bond acceptors (Lipinski definition) is 4. The first-order chi connectivity index (χ1) is 27.7. The molecule has 0 bridgehead atoms. The Balaban J connectivity index is 1.18. The van der Waals surface area contributed by atoms with Crippen LogP contribution >= 0.6 is 0 Å². The fourth-order valence-electron chi connectivity index (χ4n) is 7.93. The monoisotopic (exact) mass is 716 g/mol. The van der Waals surface area contributed by atoms with Gasteiger partial charge in [0.1, 0.15) is 11.1 Å². The molecule has 0 aliphatic heterocycles. The third-order valence-corrected chi connectivity index (χ3v) is 10.7. The van der Waals surface area contributed by atoms with Gasteiger partial charge >= 0.3 is 0 Å². The van der Waals surface area contributed by atoms with Crippen LogP contribution in [0.15, 0.2) is 199 Å². The standard InChI is InChI=1S/C51H32N4O/c1-4-13-33(14-5-1)35-23-25-37(26-24-35)50-52-49(36-17-8-3-9-18-36)53-51(54-50)55-45-32-40(39-20-12-19-38(31-39)34-15-6-2-7-16-34)27-28-41(45)43-29-30-44-42-21-10-11-22-46(42)56-48(44)47(43)55/h1-32H. The van der Waals surface area contributed by atoms with Gasteiger partial charge in [0, 0.05) is 32.7 Å². The summed E-state index contributed by atoms with van der Waals surface area (Å²) >= 11 is 0. The molecule has 8 aromatic carbocycles. The van der Waals surface area contributed by atoms with Crippen LogP contribution in [0, 0.1) is 0 Å². The van der Waals surface area contributed by atoms with Crippen molar-refractivity contribution in [3.05, 3.63) is 194 Å². The number of fused-ring (bicyclic) bond motifs is 7. The zero-order valence-electron chi connectivity index (χ0n) is 30.2. The molecule has 0 saturated heterocycles. The minimum Gasteiger partial charge on any atom is -0.454 e. The molecule has 0 aliphatic rings. The Bertz CT molecular complexity index is 3220. The summed E-state index contributed by atoms with van der Waals surface area (Å²) in [6, 6.07) is 67.5. The number of rotatable bonds is 6. The molecule has 11 aromatic rings. The summed E-state index contributed by atoms with van der Waals surface area (Å²) in [4.78, 5) is 15.6. The third kappa shape index (κ3) is 5.37. The van der Waals surface area contributed by atoms with E-state index in [-0.39, 0.29) is 0 Å². The highest BCUT2D eigenvalue weighted by molar-refractivity contribution is 6.21. The number of aromatic nitrogens is 4. The summed E-state index contributed by atoms with van der Waals surface area (Å²) in [7, 11) is 0. The topological polar surface area (TPSA) is 56.7 Å². The van der Waals surface area contributed by atoms with E-state index in [2.05, 4.69) is 150 Å². The summed E-state index contributed by atoms with van der Waals surface area (Å²) < 4.78 is 8.91. The van der Waals surface area contributed by atoms with Gasteiger partial charge in [-0.25, -0.2) is 4.98 Å². The molecule has 3 heterocycles. The molecule has 3 aromatic heterocycles. The molecule has 56 heavy (non-hydrogen) atoms. The van der Waals surface area contributed by atoms with Crippen LogP contribution < -0.4 is 0 Å². The zero-order chi connectivity index (χ0) is 37.0. The van der Waals surface area contributed by atoms with Crippen molar-refractivity contribution in [3.8, 4) is 62.1 Å². The maximum atomic E-state index is 6.73. The maximum Gasteiger partial charge on any atom is 0.238 e. The van der Waals surface area contributed by atoms with E-state index in [1.165, 1.54) is 11.1 Å². The molecule has 0 amide bonds. The summed E-state index contributed by atoms with van der Waals surface area (Å²) in [5.41, 5.74) is 12.2. The minimum atomic E-state index is 0.518. The van der Waals surface area contributed by atoms with Crippen LogP contribution in [0.2, 0.25) is 0 Å². The second kappa shape index (κ2) is 13.0. The normalized spacial score (nSPS) is 11.6. The molecule has 11 rings (SSSR count). The lowest BCUT2D eigenvalue weighted by atomic mass is 9.98. The third-order valence-electron chi connectivity index (χ3n) is 10.7. The van der Waals surface area contributed by atoms with Gasteiger partial charge in [0.05, 0.1) is 5.52 Å². The quantitative estimate of drug-likeness (QED) is 0.172. The van der Waals surface area contributed by atoms with Crippen molar-refractivity contribution in [2.45, 2.75) is 0 Å². The van der Waals surface area contributed by atoms with Crippen LogP contribution in [-0.4, -0.2) is 19.5 Å². The second-order valence-corrected chi connectivity index (χ2v) is 14.0. The highest BCUT2D eigenvalue weighted by Gasteiger charge is 2.23. The molecule has 0 saturated carbocycles. The summed E-state index contributed by atoms with van der Waals surface area (Å²) in [5, 5.41) is 4.26. The Morgan fingerprint density at radius 3 is 1.54 bits per heavy atom. The van der Waals surface area contributed by atoms with Crippen LogP contribution in [-0.2, 0) is 0 Å². The number of furan rings is 1. The van der Waals surface area contributed by atoms with E-state index in [9.17, 15) is 0 Å². The van der Waals surface area contributed by atoms with Gasteiger partial charge in [-0.1, -0.05) is 170 Å². The van der Waals surface area contributed by atoms with E-state index >= 15 is 0 Å². The second-order valence-electron chi connectivity index (χ2n) is 14.0. The smallest absolute Gasteiger partial charge is 0.238 e. The molecule has 0 atom stereocenters. The Kier molecular flexibility index (Phi) is 7.42. The van der Waals surface area contributed by atoms with Gasteiger partial charge in [-0.15, -0.1) is 0 Å². The van der Waals surface area contributed by atoms with Crippen LogP contribution in [0.1, 0.15) is 0 Å². The Morgan fingerprint density at radius 1 is 0.339 bits per heavy atom. The van der Waals surface area contributed by atoms with Gasteiger partial charge in [0.2, 0.25) is 5.95 Å². The van der Waals surface area contributed by atoms with Crippen LogP contribution in [0.4, 0.5) is 0 Å². The van der Waals surface area contributed by atoms with E-state index < -0.39 is 0 Å². The van der Waals surface area contributed by atoms with Crippen LogP contribution in [0.3, 0.4) is 0 Å².